The molecule has 0 aromatic carbocycles. The van der Waals surface area contributed by atoms with Crippen molar-refractivity contribution in [3.8, 4) is 0 Å². The third-order valence-corrected chi connectivity index (χ3v) is 5.60. The van der Waals surface area contributed by atoms with Gasteiger partial charge in [-0.3, -0.25) is 4.79 Å². The monoisotopic (exact) mass is 305 g/mol. The minimum atomic E-state index is -2.89. The first kappa shape index (κ1) is 17.4. The zero-order chi connectivity index (χ0) is 15.2. The van der Waals surface area contributed by atoms with Crippen molar-refractivity contribution in [1.82, 2.24) is 10.2 Å². The van der Waals surface area contributed by atoms with Crippen molar-refractivity contribution in [1.29, 1.82) is 0 Å². The number of hydrogen-bond acceptors (Lipinski definition) is 5. The van der Waals surface area contributed by atoms with Gasteiger partial charge in [-0.05, 0) is 39.3 Å². The molecule has 1 fully saturated rings. The van der Waals surface area contributed by atoms with Crippen LogP contribution in [0.4, 0.5) is 0 Å². The SMILES string of the molecule is CCCNC(C)(CCN1CCCS(=O)(=O)CC1)C(N)=O. The summed E-state index contributed by atoms with van der Waals surface area (Å²) >= 11 is 0. The van der Waals surface area contributed by atoms with Gasteiger partial charge in [0.05, 0.1) is 17.0 Å². The molecule has 0 bridgehead atoms. The van der Waals surface area contributed by atoms with Crippen molar-refractivity contribution in [2.45, 2.75) is 38.6 Å². The van der Waals surface area contributed by atoms with Gasteiger partial charge in [0.1, 0.15) is 0 Å². The minimum absolute atomic E-state index is 0.211. The molecule has 0 aromatic heterocycles. The molecular weight excluding hydrogens is 278 g/mol. The van der Waals surface area contributed by atoms with E-state index in [0.717, 1.165) is 19.5 Å². The second-order valence-corrected chi connectivity index (χ2v) is 8.02. The van der Waals surface area contributed by atoms with E-state index in [0.29, 0.717) is 25.9 Å². The quantitative estimate of drug-likeness (QED) is 0.676. The fraction of sp³-hybridized carbons (Fsp3) is 0.923. The van der Waals surface area contributed by atoms with Gasteiger partial charge in [-0.1, -0.05) is 6.92 Å². The normalized spacial score (nSPS) is 22.9. The second-order valence-electron chi connectivity index (χ2n) is 5.72. The van der Waals surface area contributed by atoms with E-state index in [1.165, 1.54) is 0 Å². The van der Waals surface area contributed by atoms with Gasteiger partial charge in [0.25, 0.3) is 0 Å². The second kappa shape index (κ2) is 7.38. The maximum absolute atomic E-state index is 11.6. The van der Waals surface area contributed by atoms with Gasteiger partial charge in [0, 0.05) is 13.1 Å². The Hall–Kier alpha value is -0.660. The van der Waals surface area contributed by atoms with Crippen LogP contribution in [0.1, 0.15) is 33.1 Å². The highest BCUT2D eigenvalue weighted by Gasteiger charge is 2.31. The van der Waals surface area contributed by atoms with Crippen LogP contribution in [0.3, 0.4) is 0 Å². The van der Waals surface area contributed by atoms with Crippen LogP contribution >= 0.6 is 0 Å². The van der Waals surface area contributed by atoms with Gasteiger partial charge in [-0.25, -0.2) is 8.42 Å². The molecule has 3 N–H and O–H groups in total. The fourth-order valence-electron chi connectivity index (χ4n) is 2.30. The van der Waals surface area contributed by atoms with E-state index < -0.39 is 15.4 Å². The molecule has 1 aliphatic rings. The number of nitrogens with zero attached hydrogens (tertiary/aromatic N) is 1. The molecule has 1 saturated heterocycles. The predicted molar refractivity (Wildman–Crippen MR) is 80.2 cm³/mol. The molecule has 118 valence electrons. The number of hydrogen-bond donors (Lipinski definition) is 2. The lowest BCUT2D eigenvalue weighted by Crippen LogP contribution is -2.54. The first-order valence-corrected chi connectivity index (χ1v) is 9.09. The number of rotatable bonds is 7. The van der Waals surface area contributed by atoms with Crippen molar-refractivity contribution in [3.05, 3.63) is 0 Å². The van der Waals surface area contributed by atoms with Crippen molar-refractivity contribution in [2.75, 3.05) is 37.7 Å². The lowest BCUT2D eigenvalue weighted by atomic mass is 9.96. The smallest absolute Gasteiger partial charge is 0.237 e. The average molecular weight is 305 g/mol. The van der Waals surface area contributed by atoms with Crippen LogP contribution in [0.2, 0.25) is 0 Å². The first-order valence-electron chi connectivity index (χ1n) is 7.27. The van der Waals surface area contributed by atoms with Crippen molar-refractivity contribution >= 4 is 15.7 Å². The molecule has 0 aromatic rings. The number of sulfone groups is 1. The Labute approximate surface area is 122 Å². The molecule has 1 aliphatic heterocycles. The molecule has 0 saturated carbocycles. The Balaban J connectivity index is 2.53. The van der Waals surface area contributed by atoms with E-state index in [2.05, 4.69) is 10.2 Å². The Morgan fingerprint density at radius 3 is 2.65 bits per heavy atom. The number of carbonyl (C=O) groups excluding carboxylic acids is 1. The third kappa shape index (κ3) is 5.38. The predicted octanol–water partition coefficient (Wildman–Crippen LogP) is -0.259. The molecule has 0 radical (unpaired) electrons. The molecule has 1 unspecified atom stereocenters. The van der Waals surface area contributed by atoms with Gasteiger partial charge in [-0.2, -0.15) is 0 Å². The topological polar surface area (TPSA) is 92.5 Å². The molecule has 1 atom stereocenters. The molecule has 20 heavy (non-hydrogen) atoms. The lowest BCUT2D eigenvalue weighted by Gasteiger charge is -2.30. The van der Waals surface area contributed by atoms with E-state index in [-0.39, 0.29) is 17.4 Å². The largest absolute Gasteiger partial charge is 0.368 e. The highest BCUT2D eigenvalue weighted by molar-refractivity contribution is 7.91. The number of carbonyl (C=O) groups is 1. The molecule has 1 amide bonds. The Morgan fingerprint density at radius 1 is 1.35 bits per heavy atom. The molecule has 7 heteroatoms. The van der Waals surface area contributed by atoms with E-state index in [9.17, 15) is 13.2 Å². The molecule has 1 heterocycles. The van der Waals surface area contributed by atoms with Crippen molar-refractivity contribution in [2.24, 2.45) is 5.73 Å². The van der Waals surface area contributed by atoms with Crippen LogP contribution < -0.4 is 11.1 Å². The maximum Gasteiger partial charge on any atom is 0.237 e. The van der Waals surface area contributed by atoms with Crippen LogP contribution in [-0.2, 0) is 14.6 Å². The number of nitrogens with two attached hydrogens (primary N) is 1. The number of amides is 1. The van der Waals surface area contributed by atoms with E-state index in [1.54, 1.807) is 0 Å². The summed E-state index contributed by atoms with van der Waals surface area (Å²) in [6.07, 6.45) is 2.20. The van der Waals surface area contributed by atoms with E-state index >= 15 is 0 Å². The lowest BCUT2D eigenvalue weighted by molar-refractivity contribution is -0.124. The summed E-state index contributed by atoms with van der Waals surface area (Å²) in [6, 6.07) is 0. The number of primary amides is 1. The van der Waals surface area contributed by atoms with Gasteiger partial charge in [0.15, 0.2) is 9.84 Å². The summed E-state index contributed by atoms with van der Waals surface area (Å²) in [5, 5.41) is 3.20. The highest BCUT2D eigenvalue weighted by Crippen LogP contribution is 2.12. The van der Waals surface area contributed by atoms with Gasteiger partial charge in [-0.15, -0.1) is 0 Å². The van der Waals surface area contributed by atoms with E-state index in [1.807, 2.05) is 13.8 Å². The Kier molecular flexibility index (Phi) is 6.42. The van der Waals surface area contributed by atoms with Gasteiger partial charge >= 0.3 is 0 Å². The number of nitrogens with one attached hydrogen (secondary N) is 1. The molecule has 0 spiro atoms. The van der Waals surface area contributed by atoms with E-state index in [4.69, 9.17) is 5.73 Å². The summed E-state index contributed by atoms with van der Waals surface area (Å²) in [4.78, 5) is 13.7. The van der Waals surface area contributed by atoms with Crippen molar-refractivity contribution in [3.63, 3.8) is 0 Å². The highest BCUT2D eigenvalue weighted by atomic mass is 32.2. The van der Waals surface area contributed by atoms with Gasteiger partial charge < -0.3 is 16.0 Å². The zero-order valence-electron chi connectivity index (χ0n) is 12.5. The fourth-order valence-corrected chi connectivity index (χ4v) is 3.60. The third-order valence-electron chi connectivity index (χ3n) is 3.89. The summed E-state index contributed by atoms with van der Waals surface area (Å²) in [7, 11) is -2.89. The summed E-state index contributed by atoms with van der Waals surface area (Å²) in [5.74, 6) is 0.126. The summed E-state index contributed by atoms with van der Waals surface area (Å²) < 4.78 is 23.1. The van der Waals surface area contributed by atoms with Crippen LogP contribution in [-0.4, -0.2) is 62.4 Å². The standard InChI is InChI=1S/C13H27N3O3S/c1-3-6-15-13(2,12(14)17)5-8-16-7-4-10-20(18,19)11-9-16/h15H,3-11H2,1-2H3,(H2,14,17). The summed E-state index contributed by atoms with van der Waals surface area (Å²) in [6.45, 7) is 6.60. The minimum Gasteiger partial charge on any atom is -0.368 e. The molecule has 6 nitrogen and oxygen atoms in total. The first-order chi connectivity index (χ1) is 9.29. The van der Waals surface area contributed by atoms with Crippen LogP contribution in [0, 0.1) is 0 Å². The van der Waals surface area contributed by atoms with Crippen LogP contribution in [0.5, 0.6) is 0 Å². The summed E-state index contributed by atoms with van der Waals surface area (Å²) in [5.41, 5.74) is 4.76. The Morgan fingerprint density at radius 2 is 2.05 bits per heavy atom. The molecule has 1 rings (SSSR count). The average Bonchev–Trinajstić information content (AvgIpc) is 2.55. The molecular formula is C13H27N3O3S. The van der Waals surface area contributed by atoms with Crippen LogP contribution in [0.15, 0.2) is 0 Å². The maximum atomic E-state index is 11.6. The van der Waals surface area contributed by atoms with Crippen LogP contribution in [0.25, 0.3) is 0 Å². The van der Waals surface area contributed by atoms with Crippen molar-refractivity contribution < 1.29 is 13.2 Å². The van der Waals surface area contributed by atoms with Gasteiger partial charge in [0.2, 0.25) is 5.91 Å². The molecule has 0 aliphatic carbocycles. The Bertz CT molecular complexity index is 425. The zero-order valence-corrected chi connectivity index (χ0v) is 13.3.